The van der Waals surface area contributed by atoms with Crippen molar-refractivity contribution >= 4 is 34.5 Å². The molecule has 98 valence electrons. The smallest absolute Gasteiger partial charge is 0.107 e. The summed E-state index contributed by atoms with van der Waals surface area (Å²) >= 11 is 11.4. The Morgan fingerprint density at radius 1 is 1.39 bits per heavy atom. The summed E-state index contributed by atoms with van der Waals surface area (Å²) in [6.07, 6.45) is 5.02. The molecular formula is C14H19ClN2S. The van der Waals surface area contributed by atoms with E-state index in [-0.39, 0.29) is 0 Å². The van der Waals surface area contributed by atoms with Gasteiger partial charge < -0.3 is 10.6 Å². The van der Waals surface area contributed by atoms with Crippen LogP contribution in [0.3, 0.4) is 0 Å². The van der Waals surface area contributed by atoms with E-state index in [0.29, 0.717) is 16.1 Å². The van der Waals surface area contributed by atoms with Gasteiger partial charge in [0.2, 0.25) is 0 Å². The second-order valence-electron chi connectivity index (χ2n) is 4.89. The van der Waals surface area contributed by atoms with E-state index in [4.69, 9.17) is 29.6 Å². The quantitative estimate of drug-likeness (QED) is 0.838. The Kier molecular flexibility index (Phi) is 4.46. The third-order valence-electron chi connectivity index (χ3n) is 3.60. The lowest BCUT2D eigenvalue weighted by molar-refractivity contribution is 0.616. The number of benzene rings is 1. The molecular weight excluding hydrogens is 264 g/mol. The maximum Gasteiger partial charge on any atom is 0.107 e. The largest absolute Gasteiger partial charge is 0.389 e. The molecule has 1 aliphatic heterocycles. The van der Waals surface area contributed by atoms with Crippen molar-refractivity contribution < 1.29 is 0 Å². The van der Waals surface area contributed by atoms with Gasteiger partial charge >= 0.3 is 0 Å². The van der Waals surface area contributed by atoms with Crippen LogP contribution in [0, 0.1) is 0 Å². The number of halogens is 1. The van der Waals surface area contributed by atoms with Crippen LogP contribution in [0.15, 0.2) is 18.2 Å². The van der Waals surface area contributed by atoms with Crippen LogP contribution in [0.2, 0.25) is 5.02 Å². The molecule has 0 spiro atoms. The minimum Gasteiger partial charge on any atom is -0.389 e. The monoisotopic (exact) mass is 282 g/mol. The van der Waals surface area contributed by atoms with Crippen molar-refractivity contribution in [2.24, 2.45) is 5.73 Å². The summed E-state index contributed by atoms with van der Waals surface area (Å²) in [6.45, 7) is 3.31. The van der Waals surface area contributed by atoms with E-state index in [1.54, 1.807) is 0 Å². The summed E-state index contributed by atoms with van der Waals surface area (Å²) in [7, 11) is 0. The van der Waals surface area contributed by atoms with Gasteiger partial charge in [0.05, 0.1) is 10.6 Å². The third kappa shape index (κ3) is 2.78. The van der Waals surface area contributed by atoms with Gasteiger partial charge in [-0.15, -0.1) is 0 Å². The molecule has 0 saturated carbocycles. The molecule has 4 heteroatoms. The van der Waals surface area contributed by atoms with Gasteiger partial charge in [-0.2, -0.15) is 0 Å². The van der Waals surface area contributed by atoms with Crippen molar-refractivity contribution in [3.63, 3.8) is 0 Å². The minimum atomic E-state index is 0.382. The highest BCUT2D eigenvalue weighted by Crippen LogP contribution is 2.31. The van der Waals surface area contributed by atoms with Crippen LogP contribution in [0.25, 0.3) is 0 Å². The van der Waals surface area contributed by atoms with Crippen LogP contribution in [0.1, 0.15) is 38.2 Å². The third-order valence-corrected chi connectivity index (χ3v) is 4.12. The van der Waals surface area contributed by atoms with E-state index >= 15 is 0 Å². The summed E-state index contributed by atoms with van der Waals surface area (Å²) < 4.78 is 0. The number of anilines is 1. The maximum atomic E-state index is 6.24. The highest BCUT2D eigenvalue weighted by Gasteiger charge is 2.21. The van der Waals surface area contributed by atoms with Crippen LogP contribution in [0.5, 0.6) is 0 Å². The van der Waals surface area contributed by atoms with Crippen LogP contribution in [-0.4, -0.2) is 17.6 Å². The van der Waals surface area contributed by atoms with E-state index in [0.717, 1.165) is 17.8 Å². The van der Waals surface area contributed by atoms with Gasteiger partial charge in [-0.25, -0.2) is 0 Å². The van der Waals surface area contributed by atoms with E-state index in [1.807, 2.05) is 12.1 Å². The zero-order valence-electron chi connectivity index (χ0n) is 10.7. The topological polar surface area (TPSA) is 29.3 Å². The lowest BCUT2D eigenvalue weighted by Gasteiger charge is -2.31. The molecule has 1 atom stereocenters. The number of hydrogen-bond acceptors (Lipinski definition) is 2. The number of hydrogen-bond donors (Lipinski definition) is 1. The molecule has 0 amide bonds. The van der Waals surface area contributed by atoms with Crippen LogP contribution in [0.4, 0.5) is 5.69 Å². The molecule has 1 aromatic carbocycles. The average Bonchev–Trinajstić information content (AvgIpc) is 2.53. The molecule has 2 N–H and O–H groups in total. The van der Waals surface area contributed by atoms with Crippen molar-refractivity contribution in [2.75, 3.05) is 11.4 Å². The van der Waals surface area contributed by atoms with Gasteiger partial charge in [0.15, 0.2) is 0 Å². The van der Waals surface area contributed by atoms with E-state index in [1.165, 1.54) is 25.7 Å². The Labute approximate surface area is 119 Å². The van der Waals surface area contributed by atoms with Gasteiger partial charge in [-0.3, -0.25) is 0 Å². The maximum absolute atomic E-state index is 6.24. The number of nitrogens with two attached hydrogens (primary N) is 1. The molecule has 0 aliphatic carbocycles. The molecule has 2 nitrogen and oxygen atoms in total. The van der Waals surface area contributed by atoms with Gasteiger partial charge in [-0.1, -0.05) is 42.7 Å². The Balaban J connectivity index is 2.42. The fraction of sp³-hybridized carbons (Fsp3) is 0.500. The summed E-state index contributed by atoms with van der Waals surface area (Å²) in [5.41, 5.74) is 7.74. The number of nitrogens with zero attached hydrogens (tertiary/aromatic N) is 1. The number of rotatable bonds is 2. The highest BCUT2D eigenvalue weighted by atomic mass is 35.5. The van der Waals surface area contributed by atoms with Crippen molar-refractivity contribution in [2.45, 2.75) is 38.6 Å². The lowest BCUT2D eigenvalue weighted by Crippen LogP contribution is -2.34. The minimum absolute atomic E-state index is 0.382. The van der Waals surface area contributed by atoms with Crippen LogP contribution >= 0.6 is 23.8 Å². The molecule has 1 aromatic rings. The van der Waals surface area contributed by atoms with Crippen molar-refractivity contribution in [1.29, 1.82) is 0 Å². The first kappa shape index (κ1) is 13.6. The fourth-order valence-corrected chi connectivity index (χ4v) is 3.17. The Morgan fingerprint density at radius 2 is 2.17 bits per heavy atom. The van der Waals surface area contributed by atoms with E-state index in [2.05, 4.69) is 17.9 Å². The molecule has 1 aliphatic rings. The van der Waals surface area contributed by atoms with Crippen LogP contribution < -0.4 is 10.6 Å². The highest BCUT2D eigenvalue weighted by molar-refractivity contribution is 7.80. The van der Waals surface area contributed by atoms with Gasteiger partial charge in [-0.05, 0) is 31.9 Å². The predicted molar refractivity (Wildman–Crippen MR) is 82.6 cm³/mol. The van der Waals surface area contributed by atoms with Gasteiger partial charge in [0.1, 0.15) is 4.99 Å². The summed E-state index contributed by atoms with van der Waals surface area (Å²) in [5, 5.41) is 0.649. The van der Waals surface area contributed by atoms with Crippen LogP contribution in [-0.2, 0) is 0 Å². The SMILES string of the molecule is CC1CCCCCN1c1cccc(Cl)c1C(N)=S. The second-order valence-corrected chi connectivity index (χ2v) is 5.74. The first-order chi connectivity index (χ1) is 8.61. The Hall–Kier alpha value is -0.800. The molecule has 1 fully saturated rings. The second kappa shape index (κ2) is 5.89. The standard InChI is InChI=1S/C14H19ClN2S/c1-10-6-3-2-4-9-17(10)12-8-5-7-11(15)13(12)14(16)18/h5,7-8,10H,2-4,6,9H2,1H3,(H2,16,18). The number of thiocarbonyl (C=S) groups is 1. The summed E-state index contributed by atoms with van der Waals surface area (Å²) in [5.74, 6) is 0. The van der Waals surface area contributed by atoms with E-state index in [9.17, 15) is 0 Å². The summed E-state index contributed by atoms with van der Waals surface area (Å²) in [4.78, 5) is 2.78. The molecule has 0 aromatic heterocycles. The Bertz CT molecular complexity index is 447. The lowest BCUT2D eigenvalue weighted by atomic mass is 10.1. The average molecular weight is 283 g/mol. The molecule has 1 unspecified atom stereocenters. The zero-order chi connectivity index (χ0) is 13.1. The van der Waals surface area contributed by atoms with Crippen molar-refractivity contribution in [3.05, 3.63) is 28.8 Å². The van der Waals surface area contributed by atoms with Gasteiger partial charge in [0.25, 0.3) is 0 Å². The summed E-state index contributed by atoms with van der Waals surface area (Å²) in [6, 6.07) is 6.40. The molecule has 1 heterocycles. The first-order valence-corrected chi connectivity index (χ1v) is 7.25. The molecule has 0 bridgehead atoms. The first-order valence-electron chi connectivity index (χ1n) is 6.46. The predicted octanol–water partition coefficient (Wildman–Crippen LogP) is 3.74. The molecule has 1 saturated heterocycles. The molecule has 2 rings (SSSR count). The normalized spacial score (nSPS) is 20.6. The Morgan fingerprint density at radius 3 is 2.89 bits per heavy atom. The zero-order valence-corrected chi connectivity index (χ0v) is 12.2. The molecule has 18 heavy (non-hydrogen) atoms. The van der Waals surface area contributed by atoms with Gasteiger partial charge in [0, 0.05) is 18.3 Å². The van der Waals surface area contributed by atoms with Crippen molar-refractivity contribution in [1.82, 2.24) is 0 Å². The van der Waals surface area contributed by atoms with Crippen molar-refractivity contribution in [3.8, 4) is 0 Å². The van der Waals surface area contributed by atoms with E-state index < -0.39 is 0 Å². The fourth-order valence-electron chi connectivity index (χ4n) is 2.63. The molecule has 0 radical (unpaired) electrons.